The molecule has 0 aliphatic carbocycles. The Hall–Kier alpha value is -3.35. The zero-order chi connectivity index (χ0) is 20.6. The van der Waals surface area contributed by atoms with Crippen molar-refractivity contribution in [3.8, 4) is 5.82 Å². The lowest BCUT2D eigenvalue weighted by Gasteiger charge is -2.16. The lowest BCUT2D eigenvalue weighted by atomic mass is 10.0. The van der Waals surface area contributed by atoms with Gasteiger partial charge in [0.25, 0.3) is 5.91 Å². The molecule has 7 nitrogen and oxygen atoms in total. The summed E-state index contributed by atoms with van der Waals surface area (Å²) >= 11 is 0. The van der Waals surface area contributed by atoms with Crippen molar-refractivity contribution in [2.45, 2.75) is 40.7 Å². The monoisotopic (exact) mass is 381 g/mol. The Kier molecular flexibility index (Phi) is 5.09. The van der Waals surface area contributed by atoms with Crippen LogP contribution in [0.1, 0.15) is 50.2 Å². The Morgan fingerprint density at radius 1 is 1.07 bits per heavy atom. The molecule has 0 bridgehead atoms. The first-order chi connectivity index (χ1) is 13.2. The molecule has 0 fully saturated rings. The highest BCUT2D eigenvalue weighted by atomic mass is 16.5. The average Bonchev–Trinajstić information content (AvgIpc) is 3.17. The Bertz CT molecular complexity index is 1060. The van der Waals surface area contributed by atoms with Gasteiger partial charge in [-0.3, -0.25) is 9.36 Å². The molecule has 2 N–H and O–H groups in total. The molecule has 0 saturated carbocycles. The fourth-order valence-electron chi connectivity index (χ4n) is 3.24. The van der Waals surface area contributed by atoms with Crippen molar-refractivity contribution in [1.82, 2.24) is 15.0 Å². The van der Waals surface area contributed by atoms with E-state index in [4.69, 9.17) is 4.52 Å². The molecule has 28 heavy (non-hydrogen) atoms. The van der Waals surface area contributed by atoms with Gasteiger partial charge in [-0.05, 0) is 57.4 Å². The molecule has 3 aromatic rings. The molecule has 0 saturated heterocycles. The average molecular weight is 381 g/mol. The first kappa shape index (κ1) is 19.4. The zero-order valence-corrected chi connectivity index (χ0v) is 16.5. The van der Waals surface area contributed by atoms with Gasteiger partial charge in [0.1, 0.15) is 5.76 Å². The van der Waals surface area contributed by atoms with Crippen LogP contribution in [0.3, 0.4) is 0 Å². The van der Waals surface area contributed by atoms with Crippen LogP contribution in [-0.4, -0.2) is 26.7 Å². The summed E-state index contributed by atoms with van der Waals surface area (Å²) in [6.07, 6.45) is 0. The highest BCUT2D eigenvalue weighted by Gasteiger charge is 2.25. The number of amides is 1. The van der Waals surface area contributed by atoms with Crippen LogP contribution in [0.25, 0.3) is 5.82 Å². The van der Waals surface area contributed by atoms with Gasteiger partial charge in [0.2, 0.25) is 0 Å². The van der Waals surface area contributed by atoms with Crippen LogP contribution in [-0.2, 0) is 4.79 Å². The van der Waals surface area contributed by atoms with Crippen molar-refractivity contribution < 1.29 is 19.2 Å². The van der Waals surface area contributed by atoms with Crippen molar-refractivity contribution in [2.24, 2.45) is 0 Å². The van der Waals surface area contributed by atoms with E-state index in [2.05, 4.69) is 10.5 Å². The zero-order valence-electron chi connectivity index (χ0n) is 16.5. The first-order valence-corrected chi connectivity index (χ1v) is 8.92. The summed E-state index contributed by atoms with van der Waals surface area (Å²) in [5.74, 6) is -0.326. The van der Waals surface area contributed by atoms with Gasteiger partial charge in [0.05, 0.1) is 5.56 Å². The molecule has 1 atom stereocenters. The topological polar surface area (TPSA) is 97.4 Å². The largest absolute Gasteiger partial charge is 0.479 e. The molecule has 0 aliphatic heterocycles. The molecular formula is C21H23N3O4. The maximum absolute atomic E-state index is 12.9. The van der Waals surface area contributed by atoms with E-state index >= 15 is 0 Å². The predicted molar refractivity (Wildman–Crippen MR) is 104 cm³/mol. The number of aliphatic carboxylic acids is 1. The van der Waals surface area contributed by atoms with E-state index in [-0.39, 0.29) is 0 Å². The van der Waals surface area contributed by atoms with Gasteiger partial charge in [-0.25, -0.2) is 4.79 Å². The minimum atomic E-state index is -1.14. The normalized spacial score (nSPS) is 12.0. The van der Waals surface area contributed by atoms with Gasteiger partial charge in [-0.2, -0.15) is 0 Å². The van der Waals surface area contributed by atoms with Crippen molar-refractivity contribution in [3.63, 3.8) is 0 Å². The van der Waals surface area contributed by atoms with Gasteiger partial charge in [-0.1, -0.05) is 23.4 Å². The van der Waals surface area contributed by atoms with E-state index in [1.54, 1.807) is 42.7 Å². The predicted octanol–water partition coefficient (Wildman–Crippen LogP) is 3.56. The van der Waals surface area contributed by atoms with E-state index in [1.807, 2.05) is 26.8 Å². The molecule has 1 amide bonds. The minimum Gasteiger partial charge on any atom is -0.479 e. The molecule has 2 heterocycles. The highest BCUT2D eigenvalue weighted by molar-refractivity contribution is 5.98. The standard InChI is InChI=1S/C21H23N3O4/c1-11-6-7-16(8-12(11)2)19(21(26)27)22-20(25)17-9-13(3)24(15(17)5)18-10-14(4)28-23-18/h6-10,19H,1-5H3,(H,22,25)(H,26,27). The summed E-state index contributed by atoms with van der Waals surface area (Å²) in [5.41, 5.74) is 4.42. The van der Waals surface area contributed by atoms with Crippen molar-refractivity contribution >= 4 is 11.9 Å². The Balaban J connectivity index is 1.93. The summed E-state index contributed by atoms with van der Waals surface area (Å²) in [4.78, 5) is 24.7. The maximum atomic E-state index is 12.9. The number of rotatable bonds is 5. The number of nitrogens with one attached hydrogen (secondary N) is 1. The maximum Gasteiger partial charge on any atom is 0.330 e. The Morgan fingerprint density at radius 2 is 1.79 bits per heavy atom. The van der Waals surface area contributed by atoms with Gasteiger partial charge < -0.3 is 14.9 Å². The van der Waals surface area contributed by atoms with Crippen LogP contribution in [0.2, 0.25) is 0 Å². The fraction of sp³-hybridized carbons (Fsp3) is 0.286. The molecule has 3 rings (SSSR count). The molecule has 146 valence electrons. The second-order valence-corrected chi connectivity index (χ2v) is 7.00. The van der Waals surface area contributed by atoms with E-state index < -0.39 is 17.9 Å². The van der Waals surface area contributed by atoms with Crippen molar-refractivity contribution in [3.05, 3.63) is 69.7 Å². The third kappa shape index (κ3) is 3.55. The molecular weight excluding hydrogens is 358 g/mol. The van der Waals surface area contributed by atoms with Crippen molar-refractivity contribution in [1.29, 1.82) is 0 Å². The van der Waals surface area contributed by atoms with Crippen LogP contribution >= 0.6 is 0 Å². The summed E-state index contributed by atoms with van der Waals surface area (Å²) in [6, 6.07) is 7.72. The summed E-state index contributed by atoms with van der Waals surface area (Å²) in [6.45, 7) is 9.30. The quantitative estimate of drug-likeness (QED) is 0.704. The summed E-state index contributed by atoms with van der Waals surface area (Å²) in [7, 11) is 0. The molecule has 0 aliphatic rings. The second kappa shape index (κ2) is 7.34. The lowest BCUT2D eigenvalue weighted by Crippen LogP contribution is -2.34. The number of carbonyl (C=O) groups excluding carboxylic acids is 1. The number of carbonyl (C=O) groups is 2. The summed E-state index contributed by atoms with van der Waals surface area (Å²) in [5, 5.41) is 16.3. The first-order valence-electron chi connectivity index (χ1n) is 8.92. The van der Waals surface area contributed by atoms with Crippen LogP contribution in [0.15, 0.2) is 34.9 Å². The SMILES string of the molecule is Cc1cc(-n2c(C)cc(C(=O)NC(C(=O)O)c3ccc(C)c(C)c3)c2C)no1. The van der Waals surface area contributed by atoms with Crippen LogP contribution < -0.4 is 5.32 Å². The highest BCUT2D eigenvalue weighted by Crippen LogP contribution is 2.23. The Labute approximate surface area is 163 Å². The fourth-order valence-corrected chi connectivity index (χ4v) is 3.24. The number of benzene rings is 1. The van der Waals surface area contributed by atoms with Crippen LogP contribution in [0.4, 0.5) is 0 Å². The third-order valence-corrected chi connectivity index (χ3v) is 4.91. The van der Waals surface area contributed by atoms with E-state index in [0.29, 0.717) is 28.4 Å². The molecule has 2 aromatic heterocycles. The van der Waals surface area contributed by atoms with Crippen LogP contribution in [0, 0.1) is 34.6 Å². The van der Waals surface area contributed by atoms with E-state index in [1.165, 1.54) is 0 Å². The van der Waals surface area contributed by atoms with Crippen LogP contribution in [0.5, 0.6) is 0 Å². The number of carboxylic acid groups (broad SMARTS) is 1. The third-order valence-electron chi connectivity index (χ3n) is 4.91. The lowest BCUT2D eigenvalue weighted by molar-refractivity contribution is -0.139. The molecule has 1 unspecified atom stereocenters. The molecule has 7 heteroatoms. The number of nitrogens with zero attached hydrogens (tertiary/aromatic N) is 2. The number of aryl methyl sites for hydroxylation is 4. The second-order valence-electron chi connectivity index (χ2n) is 7.00. The smallest absolute Gasteiger partial charge is 0.330 e. The number of aromatic nitrogens is 2. The summed E-state index contributed by atoms with van der Waals surface area (Å²) < 4.78 is 6.93. The number of carboxylic acids is 1. The van der Waals surface area contributed by atoms with Crippen molar-refractivity contribution in [2.75, 3.05) is 0 Å². The van der Waals surface area contributed by atoms with Gasteiger partial charge >= 0.3 is 5.97 Å². The molecule has 0 radical (unpaired) electrons. The van der Waals surface area contributed by atoms with E-state index in [9.17, 15) is 14.7 Å². The number of hydrogen-bond acceptors (Lipinski definition) is 4. The molecule has 1 aromatic carbocycles. The van der Waals surface area contributed by atoms with E-state index in [0.717, 1.165) is 16.8 Å². The molecule has 0 spiro atoms. The minimum absolute atomic E-state index is 0.397. The van der Waals surface area contributed by atoms with Gasteiger partial charge in [-0.15, -0.1) is 0 Å². The Morgan fingerprint density at radius 3 is 2.36 bits per heavy atom. The van der Waals surface area contributed by atoms with Gasteiger partial charge in [0, 0.05) is 17.5 Å². The number of hydrogen-bond donors (Lipinski definition) is 2. The van der Waals surface area contributed by atoms with Gasteiger partial charge in [0.15, 0.2) is 11.9 Å².